The minimum atomic E-state index is -0.536. The maximum absolute atomic E-state index is 10.7. The zero-order chi connectivity index (χ0) is 13.7. The molecule has 2 aromatic rings. The highest BCUT2D eigenvalue weighted by Gasteiger charge is 2.12. The first-order valence-corrected chi connectivity index (χ1v) is 5.34. The van der Waals surface area contributed by atoms with Crippen LogP contribution in [0.1, 0.15) is 5.56 Å². The Balaban J connectivity index is 2.10. The van der Waals surface area contributed by atoms with Gasteiger partial charge in [-0.15, -0.1) is 0 Å². The third-order valence-corrected chi connectivity index (χ3v) is 2.26. The molecule has 0 saturated carbocycles. The van der Waals surface area contributed by atoms with E-state index >= 15 is 0 Å². The Morgan fingerprint density at radius 3 is 2.74 bits per heavy atom. The summed E-state index contributed by atoms with van der Waals surface area (Å²) in [5.41, 5.74) is 3.10. The van der Waals surface area contributed by atoms with Gasteiger partial charge in [0.2, 0.25) is 5.82 Å². The number of aromatic nitrogens is 1. The standard InChI is InChI=1S/C12H10N4O3/c17-10-5-3-9(4-6-10)8-14-15-12-11(16(18)19)2-1-7-13-12/h1-8,17H,(H,13,15)/b14-8-. The molecule has 0 saturated heterocycles. The Labute approximate surface area is 108 Å². The van der Waals surface area contributed by atoms with Crippen LogP contribution >= 0.6 is 0 Å². The molecule has 0 aliphatic rings. The van der Waals surface area contributed by atoms with Gasteiger partial charge in [0.1, 0.15) is 5.75 Å². The molecule has 96 valence electrons. The molecule has 0 radical (unpaired) electrons. The van der Waals surface area contributed by atoms with E-state index < -0.39 is 4.92 Å². The van der Waals surface area contributed by atoms with Crippen molar-refractivity contribution in [1.29, 1.82) is 0 Å². The number of benzene rings is 1. The van der Waals surface area contributed by atoms with E-state index in [4.69, 9.17) is 5.11 Å². The zero-order valence-electron chi connectivity index (χ0n) is 9.72. The van der Waals surface area contributed by atoms with Crippen LogP contribution in [0.15, 0.2) is 47.7 Å². The lowest BCUT2D eigenvalue weighted by Gasteiger charge is -1.99. The number of pyridine rings is 1. The number of aromatic hydroxyl groups is 1. The number of hydrogen-bond acceptors (Lipinski definition) is 6. The molecule has 0 unspecified atom stereocenters. The number of hydrogen-bond donors (Lipinski definition) is 2. The molecule has 2 N–H and O–H groups in total. The van der Waals surface area contributed by atoms with Crippen molar-refractivity contribution in [3.63, 3.8) is 0 Å². The van der Waals surface area contributed by atoms with Gasteiger partial charge in [-0.1, -0.05) is 0 Å². The van der Waals surface area contributed by atoms with Gasteiger partial charge in [-0.3, -0.25) is 15.5 Å². The average molecular weight is 258 g/mol. The number of hydrazone groups is 1. The Morgan fingerprint density at radius 2 is 2.05 bits per heavy atom. The van der Waals surface area contributed by atoms with E-state index in [0.717, 1.165) is 5.56 Å². The van der Waals surface area contributed by atoms with Crippen LogP contribution in [0.25, 0.3) is 0 Å². The van der Waals surface area contributed by atoms with Crippen LogP contribution in [-0.4, -0.2) is 21.2 Å². The Hall–Kier alpha value is -2.96. The van der Waals surface area contributed by atoms with Crippen molar-refractivity contribution >= 4 is 17.7 Å². The predicted octanol–water partition coefficient (Wildman–Crippen LogP) is 2.14. The highest BCUT2D eigenvalue weighted by molar-refractivity contribution is 5.80. The van der Waals surface area contributed by atoms with E-state index in [2.05, 4.69) is 15.5 Å². The van der Waals surface area contributed by atoms with Crippen molar-refractivity contribution in [2.45, 2.75) is 0 Å². The van der Waals surface area contributed by atoms with Gasteiger partial charge >= 0.3 is 5.69 Å². The Kier molecular flexibility index (Phi) is 3.67. The Morgan fingerprint density at radius 1 is 1.32 bits per heavy atom. The summed E-state index contributed by atoms with van der Waals surface area (Å²) in [5.74, 6) is 0.230. The van der Waals surface area contributed by atoms with E-state index in [-0.39, 0.29) is 17.3 Å². The van der Waals surface area contributed by atoms with Gasteiger partial charge < -0.3 is 5.11 Å². The minimum absolute atomic E-state index is 0.0718. The molecule has 0 atom stereocenters. The van der Waals surface area contributed by atoms with Gasteiger partial charge in [-0.05, 0) is 35.9 Å². The molecule has 0 amide bonds. The van der Waals surface area contributed by atoms with E-state index in [1.165, 1.54) is 36.7 Å². The summed E-state index contributed by atoms with van der Waals surface area (Å²) >= 11 is 0. The van der Waals surface area contributed by atoms with Crippen molar-refractivity contribution in [1.82, 2.24) is 4.98 Å². The van der Waals surface area contributed by atoms with E-state index in [1.807, 2.05) is 0 Å². The monoisotopic (exact) mass is 258 g/mol. The quantitative estimate of drug-likeness (QED) is 0.497. The van der Waals surface area contributed by atoms with Crippen LogP contribution in [0.4, 0.5) is 11.5 Å². The predicted molar refractivity (Wildman–Crippen MR) is 70.2 cm³/mol. The molecular formula is C12H10N4O3. The van der Waals surface area contributed by atoms with Crippen molar-refractivity contribution < 1.29 is 10.0 Å². The Bertz CT molecular complexity index is 611. The number of phenolic OH excluding ortho intramolecular Hbond substituents is 1. The van der Waals surface area contributed by atoms with Crippen molar-refractivity contribution in [2.75, 3.05) is 5.43 Å². The highest BCUT2D eigenvalue weighted by Crippen LogP contribution is 2.19. The molecule has 1 aromatic carbocycles. The second-order valence-electron chi connectivity index (χ2n) is 3.59. The maximum atomic E-state index is 10.7. The van der Waals surface area contributed by atoms with Crippen LogP contribution < -0.4 is 5.43 Å². The van der Waals surface area contributed by atoms with Crippen LogP contribution in [0, 0.1) is 10.1 Å². The largest absolute Gasteiger partial charge is 0.508 e. The number of rotatable bonds is 4. The highest BCUT2D eigenvalue weighted by atomic mass is 16.6. The lowest BCUT2D eigenvalue weighted by molar-refractivity contribution is -0.384. The SMILES string of the molecule is O=[N+]([O-])c1cccnc1N/N=C\c1ccc(O)cc1. The molecule has 2 rings (SSSR count). The lowest BCUT2D eigenvalue weighted by atomic mass is 10.2. The van der Waals surface area contributed by atoms with Crippen LogP contribution in [0.5, 0.6) is 5.75 Å². The molecule has 0 fully saturated rings. The second-order valence-corrected chi connectivity index (χ2v) is 3.59. The number of nitrogens with one attached hydrogen (secondary N) is 1. The number of nitrogens with zero attached hydrogens (tertiary/aromatic N) is 3. The first kappa shape index (κ1) is 12.5. The molecule has 0 bridgehead atoms. The minimum Gasteiger partial charge on any atom is -0.508 e. The van der Waals surface area contributed by atoms with Gasteiger partial charge in [0.25, 0.3) is 0 Å². The normalized spacial score (nSPS) is 10.5. The van der Waals surface area contributed by atoms with Crippen molar-refractivity contribution in [3.05, 3.63) is 58.3 Å². The van der Waals surface area contributed by atoms with Gasteiger partial charge in [-0.2, -0.15) is 5.10 Å². The molecule has 1 heterocycles. The topological polar surface area (TPSA) is 101 Å². The van der Waals surface area contributed by atoms with Gasteiger partial charge in [0, 0.05) is 12.3 Å². The van der Waals surface area contributed by atoms with Crippen molar-refractivity contribution in [3.8, 4) is 5.75 Å². The van der Waals surface area contributed by atoms with Gasteiger partial charge in [0.05, 0.1) is 11.1 Å². The molecule has 1 aromatic heterocycles. The first-order chi connectivity index (χ1) is 9.16. The lowest BCUT2D eigenvalue weighted by Crippen LogP contribution is -1.98. The second kappa shape index (κ2) is 5.58. The molecule has 0 aliphatic carbocycles. The summed E-state index contributed by atoms with van der Waals surface area (Å²) in [6.45, 7) is 0. The summed E-state index contributed by atoms with van der Waals surface area (Å²) in [6, 6.07) is 9.17. The molecule has 19 heavy (non-hydrogen) atoms. The molecule has 7 heteroatoms. The maximum Gasteiger partial charge on any atom is 0.313 e. The third kappa shape index (κ3) is 3.25. The molecule has 0 aliphatic heterocycles. The number of anilines is 1. The van der Waals surface area contributed by atoms with Crippen molar-refractivity contribution in [2.24, 2.45) is 5.10 Å². The van der Waals surface area contributed by atoms with Gasteiger partial charge in [0.15, 0.2) is 0 Å². The smallest absolute Gasteiger partial charge is 0.313 e. The number of nitro groups is 1. The van der Waals surface area contributed by atoms with Crippen LogP contribution in [-0.2, 0) is 0 Å². The van der Waals surface area contributed by atoms with E-state index in [1.54, 1.807) is 12.1 Å². The fourth-order valence-electron chi connectivity index (χ4n) is 1.36. The average Bonchev–Trinajstić information content (AvgIpc) is 2.41. The fraction of sp³-hybridized carbons (Fsp3) is 0. The third-order valence-electron chi connectivity index (χ3n) is 2.26. The molecule has 7 nitrogen and oxygen atoms in total. The van der Waals surface area contributed by atoms with Gasteiger partial charge in [-0.25, -0.2) is 4.98 Å². The fourth-order valence-corrected chi connectivity index (χ4v) is 1.36. The summed E-state index contributed by atoms with van der Waals surface area (Å²) in [7, 11) is 0. The summed E-state index contributed by atoms with van der Waals surface area (Å²) < 4.78 is 0. The zero-order valence-corrected chi connectivity index (χ0v) is 9.72. The van der Waals surface area contributed by atoms with Crippen LogP contribution in [0.3, 0.4) is 0 Å². The first-order valence-electron chi connectivity index (χ1n) is 5.34. The number of phenols is 1. The molecule has 0 spiro atoms. The van der Waals surface area contributed by atoms with Crippen LogP contribution in [0.2, 0.25) is 0 Å². The summed E-state index contributed by atoms with van der Waals surface area (Å²) in [6.07, 6.45) is 2.91. The summed E-state index contributed by atoms with van der Waals surface area (Å²) in [4.78, 5) is 14.0. The van der Waals surface area contributed by atoms with E-state index in [9.17, 15) is 10.1 Å². The van der Waals surface area contributed by atoms with E-state index in [0.29, 0.717) is 0 Å². The molecular weight excluding hydrogens is 248 g/mol. The summed E-state index contributed by atoms with van der Waals surface area (Å²) in [5, 5.41) is 23.7.